The first kappa shape index (κ1) is 21.1. The lowest BCUT2D eigenvalue weighted by Crippen LogP contribution is -2.31. The van der Waals surface area contributed by atoms with Crippen LogP contribution in [-0.4, -0.2) is 22.4 Å². The molecule has 0 bridgehead atoms. The first-order chi connectivity index (χ1) is 11.9. The third-order valence-electron chi connectivity index (χ3n) is 4.95. The van der Waals surface area contributed by atoms with Crippen LogP contribution in [0.3, 0.4) is 0 Å². The van der Waals surface area contributed by atoms with Crippen LogP contribution in [0.5, 0.6) is 5.75 Å². The first-order valence-electron chi connectivity index (χ1n) is 9.61. The predicted octanol–water partition coefficient (Wildman–Crippen LogP) is 5.95. The molecule has 146 valence electrons. The van der Waals surface area contributed by atoms with Gasteiger partial charge in [0, 0.05) is 28.2 Å². The van der Waals surface area contributed by atoms with Gasteiger partial charge >= 0.3 is 5.97 Å². The number of phenols is 1. The van der Waals surface area contributed by atoms with Crippen LogP contribution in [0.25, 0.3) is 0 Å². The van der Waals surface area contributed by atoms with Crippen LogP contribution in [0.15, 0.2) is 17.0 Å². The van der Waals surface area contributed by atoms with Crippen molar-refractivity contribution in [1.82, 2.24) is 0 Å². The molecule has 1 aliphatic rings. The number of hydrogen-bond donors (Lipinski definition) is 1. The van der Waals surface area contributed by atoms with Crippen molar-refractivity contribution in [3.8, 4) is 5.75 Å². The third kappa shape index (κ3) is 5.18. The second-order valence-electron chi connectivity index (χ2n) is 9.46. The number of esters is 1. The maximum Gasteiger partial charge on any atom is 0.302 e. The van der Waals surface area contributed by atoms with Gasteiger partial charge in [0.15, 0.2) is 0 Å². The Kier molecular flexibility index (Phi) is 6.37. The second-order valence-corrected chi connectivity index (χ2v) is 10.8. The minimum absolute atomic E-state index is 0.0174. The largest absolute Gasteiger partial charge is 0.507 e. The van der Waals surface area contributed by atoms with Gasteiger partial charge in [0.1, 0.15) is 11.9 Å². The van der Waals surface area contributed by atoms with Gasteiger partial charge < -0.3 is 9.84 Å². The summed E-state index contributed by atoms with van der Waals surface area (Å²) in [7, 11) is 0. The van der Waals surface area contributed by atoms with Crippen LogP contribution in [0.2, 0.25) is 0 Å². The van der Waals surface area contributed by atoms with Gasteiger partial charge in [-0.1, -0.05) is 48.0 Å². The summed E-state index contributed by atoms with van der Waals surface area (Å²) >= 11 is 1.80. The summed E-state index contributed by atoms with van der Waals surface area (Å²) in [6.45, 7) is 14.3. The minimum atomic E-state index is -0.195. The lowest BCUT2D eigenvalue weighted by atomic mass is 9.79. The number of benzene rings is 1. The number of hydrogen-bond acceptors (Lipinski definition) is 4. The van der Waals surface area contributed by atoms with E-state index in [1.165, 1.54) is 13.3 Å². The lowest BCUT2D eigenvalue weighted by molar-refractivity contribution is -0.147. The average molecular weight is 379 g/mol. The molecule has 1 saturated carbocycles. The predicted molar refractivity (Wildman–Crippen MR) is 109 cm³/mol. The molecule has 26 heavy (non-hydrogen) atoms. The van der Waals surface area contributed by atoms with Crippen molar-refractivity contribution in [2.75, 3.05) is 0 Å². The summed E-state index contributed by atoms with van der Waals surface area (Å²) in [5.41, 5.74) is 1.69. The van der Waals surface area contributed by atoms with E-state index in [1.807, 2.05) is 0 Å². The van der Waals surface area contributed by atoms with Crippen molar-refractivity contribution in [2.24, 2.45) is 0 Å². The lowest BCUT2D eigenvalue weighted by Gasteiger charge is -2.32. The van der Waals surface area contributed by atoms with E-state index in [-0.39, 0.29) is 28.2 Å². The van der Waals surface area contributed by atoms with Gasteiger partial charge in [0.25, 0.3) is 0 Å². The molecule has 0 amide bonds. The molecule has 1 N–H and O–H groups in total. The summed E-state index contributed by atoms with van der Waals surface area (Å²) in [5.74, 6) is 0.216. The standard InChI is InChI=1S/C22H34O3S/c1-14(23)25-18-10-8-9-11-19(18)26-15-12-16(21(2,3)4)20(24)17(13-15)22(5,6)7/h12-13,18-19,24H,8-11H2,1-7H3/t18-,19-/m1/s1. The summed E-state index contributed by atoms with van der Waals surface area (Å²) in [4.78, 5) is 12.6. The number of phenolic OH excluding ortho intramolecular Hbond substituents is 1. The Morgan fingerprint density at radius 2 is 1.54 bits per heavy atom. The van der Waals surface area contributed by atoms with Crippen LogP contribution in [0.1, 0.15) is 85.3 Å². The fourth-order valence-corrected chi connectivity index (χ4v) is 4.89. The molecule has 3 nitrogen and oxygen atoms in total. The van der Waals surface area contributed by atoms with E-state index in [0.29, 0.717) is 5.75 Å². The second kappa shape index (κ2) is 7.84. The Labute approximate surface area is 162 Å². The number of carbonyl (C=O) groups excluding carboxylic acids is 1. The summed E-state index contributed by atoms with van der Waals surface area (Å²) in [6, 6.07) is 4.24. The highest BCUT2D eigenvalue weighted by Crippen LogP contribution is 2.44. The van der Waals surface area contributed by atoms with Crippen molar-refractivity contribution in [3.63, 3.8) is 0 Å². The van der Waals surface area contributed by atoms with E-state index in [4.69, 9.17) is 4.74 Å². The smallest absolute Gasteiger partial charge is 0.302 e. The van der Waals surface area contributed by atoms with Crippen LogP contribution in [0.4, 0.5) is 0 Å². The number of rotatable bonds is 3. The molecule has 0 unspecified atom stereocenters. The topological polar surface area (TPSA) is 46.5 Å². The molecular formula is C22H34O3S. The van der Waals surface area contributed by atoms with E-state index in [9.17, 15) is 9.90 Å². The highest BCUT2D eigenvalue weighted by Gasteiger charge is 2.31. The zero-order valence-corrected chi connectivity index (χ0v) is 18.1. The van der Waals surface area contributed by atoms with Gasteiger partial charge in [-0.15, -0.1) is 11.8 Å². The van der Waals surface area contributed by atoms with Crippen LogP contribution in [0, 0.1) is 0 Å². The van der Waals surface area contributed by atoms with Gasteiger partial charge in [-0.3, -0.25) is 4.79 Å². The van der Waals surface area contributed by atoms with Crippen molar-refractivity contribution in [2.45, 2.75) is 101 Å². The van der Waals surface area contributed by atoms with Crippen molar-refractivity contribution < 1.29 is 14.6 Å². The summed E-state index contributed by atoms with van der Waals surface area (Å²) in [5, 5.41) is 11.2. The van der Waals surface area contributed by atoms with Crippen molar-refractivity contribution in [3.05, 3.63) is 23.3 Å². The molecule has 1 aromatic carbocycles. The van der Waals surface area contributed by atoms with Gasteiger partial charge in [0.2, 0.25) is 0 Å². The van der Waals surface area contributed by atoms with E-state index in [0.717, 1.165) is 35.3 Å². The maximum absolute atomic E-state index is 11.5. The SMILES string of the molecule is CC(=O)O[C@@H]1CCCC[C@H]1Sc1cc(C(C)(C)C)c(O)c(C(C)(C)C)c1. The molecule has 1 aliphatic carbocycles. The molecule has 1 fully saturated rings. The highest BCUT2D eigenvalue weighted by atomic mass is 32.2. The third-order valence-corrected chi connectivity index (χ3v) is 6.30. The molecule has 0 aromatic heterocycles. The van der Waals surface area contributed by atoms with Gasteiger partial charge in [-0.2, -0.15) is 0 Å². The van der Waals surface area contributed by atoms with Crippen molar-refractivity contribution in [1.29, 1.82) is 0 Å². The Morgan fingerprint density at radius 3 is 2.00 bits per heavy atom. The Hall–Kier alpha value is -1.16. The molecule has 2 rings (SSSR count). The number of aromatic hydroxyl groups is 1. The normalized spacial score (nSPS) is 21.5. The number of ether oxygens (including phenoxy) is 1. The quantitative estimate of drug-likeness (QED) is 0.660. The summed E-state index contributed by atoms with van der Waals surface area (Å²) < 4.78 is 5.59. The van der Waals surface area contributed by atoms with Crippen LogP contribution < -0.4 is 0 Å². The fourth-order valence-electron chi connectivity index (χ4n) is 3.54. The molecular weight excluding hydrogens is 344 g/mol. The van der Waals surface area contributed by atoms with E-state index >= 15 is 0 Å². The molecule has 0 radical (unpaired) electrons. The molecule has 1 aromatic rings. The molecule has 2 atom stereocenters. The average Bonchev–Trinajstić information content (AvgIpc) is 2.48. The molecule has 0 heterocycles. The van der Waals surface area contributed by atoms with Gasteiger partial charge in [-0.25, -0.2) is 0 Å². The molecule has 0 spiro atoms. The Bertz CT molecular complexity index is 617. The van der Waals surface area contributed by atoms with Crippen LogP contribution >= 0.6 is 11.8 Å². The van der Waals surface area contributed by atoms with E-state index in [2.05, 4.69) is 53.7 Å². The fraction of sp³-hybridized carbons (Fsp3) is 0.682. The van der Waals surface area contributed by atoms with Crippen molar-refractivity contribution >= 4 is 17.7 Å². The first-order valence-corrected chi connectivity index (χ1v) is 10.5. The van der Waals surface area contributed by atoms with Crippen LogP contribution in [-0.2, 0) is 20.4 Å². The summed E-state index contributed by atoms with van der Waals surface area (Å²) in [6.07, 6.45) is 4.26. The number of thioether (sulfide) groups is 1. The zero-order valence-electron chi connectivity index (χ0n) is 17.3. The van der Waals surface area contributed by atoms with E-state index < -0.39 is 0 Å². The molecule has 4 heteroatoms. The Balaban J connectivity index is 2.40. The maximum atomic E-state index is 11.5. The minimum Gasteiger partial charge on any atom is -0.507 e. The highest BCUT2D eigenvalue weighted by molar-refractivity contribution is 8.00. The molecule has 0 saturated heterocycles. The monoisotopic (exact) mass is 378 g/mol. The van der Waals surface area contributed by atoms with Gasteiger partial charge in [0.05, 0.1) is 0 Å². The number of carbonyl (C=O) groups is 1. The van der Waals surface area contributed by atoms with E-state index in [1.54, 1.807) is 11.8 Å². The van der Waals surface area contributed by atoms with Gasteiger partial charge in [-0.05, 0) is 42.2 Å². The Morgan fingerprint density at radius 1 is 1.04 bits per heavy atom. The zero-order chi connectivity index (χ0) is 19.7. The molecule has 0 aliphatic heterocycles.